The number of phenols is 1. The van der Waals surface area contributed by atoms with E-state index in [0.29, 0.717) is 16.6 Å². The summed E-state index contributed by atoms with van der Waals surface area (Å²) < 4.78 is 0. The van der Waals surface area contributed by atoms with E-state index < -0.39 is 0 Å². The van der Waals surface area contributed by atoms with Crippen LogP contribution in [0.25, 0.3) is 6.08 Å². The summed E-state index contributed by atoms with van der Waals surface area (Å²) >= 11 is 0. The fraction of sp³-hybridized carbons (Fsp3) is 0.636. The van der Waals surface area contributed by atoms with Crippen molar-refractivity contribution in [3.05, 3.63) is 34.4 Å². The Hall–Kier alpha value is -1.24. The summed E-state index contributed by atoms with van der Waals surface area (Å²) in [6.45, 7) is 12.1. The normalized spacial score (nSPS) is 37.6. The standard InChI is InChI=1S/C22H30O/c1-14-11-16(23)12-15-13-18-21(4)9-6-8-20(2,3)17(21)7-10-22(18,5)19(14)15/h11-13,17,23H,6-10H2,1-5H3/t17?,21-,22-/m0/s1. The molecule has 4 rings (SSSR count). The van der Waals surface area contributed by atoms with Crippen LogP contribution in [0.5, 0.6) is 5.75 Å². The van der Waals surface area contributed by atoms with Crippen molar-refractivity contribution in [2.75, 3.05) is 0 Å². The molecule has 2 saturated carbocycles. The number of rotatable bonds is 0. The number of aromatic hydroxyl groups is 1. The van der Waals surface area contributed by atoms with Gasteiger partial charge in [0.25, 0.3) is 0 Å². The van der Waals surface area contributed by atoms with Crippen molar-refractivity contribution in [1.29, 1.82) is 0 Å². The summed E-state index contributed by atoms with van der Waals surface area (Å²) in [4.78, 5) is 0. The lowest BCUT2D eigenvalue weighted by Gasteiger charge is -2.59. The zero-order valence-corrected chi connectivity index (χ0v) is 15.3. The van der Waals surface area contributed by atoms with Gasteiger partial charge in [-0.3, -0.25) is 0 Å². The third kappa shape index (κ3) is 1.85. The van der Waals surface area contributed by atoms with Gasteiger partial charge in [-0.2, -0.15) is 0 Å². The van der Waals surface area contributed by atoms with Gasteiger partial charge in [0.15, 0.2) is 0 Å². The number of aryl methyl sites for hydroxylation is 1. The van der Waals surface area contributed by atoms with Crippen molar-refractivity contribution in [2.45, 2.75) is 72.1 Å². The first-order valence-electron chi connectivity index (χ1n) is 9.25. The lowest BCUT2D eigenvalue weighted by Crippen LogP contribution is -2.50. The molecule has 3 aliphatic rings. The molecule has 1 nitrogen and oxygen atoms in total. The molecule has 0 heterocycles. The van der Waals surface area contributed by atoms with Crippen LogP contribution in [0.4, 0.5) is 0 Å². The third-order valence-corrected chi connectivity index (χ3v) is 7.57. The molecule has 1 aromatic rings. The molecule has 0 radical (unpaired) electrons. The molecule has 3 aliphatic carbocycles. The Bertz CT molecular complexity index is 711. The summed E-state index contributed by atoms with van der Waals surface area (Å²) in [5.74, 6) is 1.19. The fourth-order valence-electron chi connectivity index (χ4n) is 6.75. The lowest BCUT2D eigenvalue weighted by molar-refractivity contribution is -0.0102. The van der Waals surface area contributed by atoms with E-state index in [9.17, 15) is 5.11 Å². The van der Waals surface area contributed by atoms with E-state index in [2.05, 4.69) is 40.7 Å². The molecule has 124 valence electrons. The maximum Gasteiger partial charge on any atom is 0.116 e. The van der Waals surface area contributed by atoms with Crippen LogP contribution in [-0.2, 0) is 5.41 Å². The molecule has 0 aliphatic heterocycles. The molecule has 2 fully saturated rings. The lowest BCUT2D eigenvalue weighted by atomic mass is 9.45. The molecule has 0 aromatic heterocycles. The third-order valence-electron chi connectivity index (χ3n) is 7.57. The van der Waals surface area contributed by atoms with Crippen molar-refractivity contribution >= 4 is 6.08 Å². The summed E-state index contributed by atoms with van der Waals surface area (Å²) in [5.41, 5.74) is 6.59. The molecular weight excluding hydrogens is 280 g/mol. The summed E-state index contributed by atoms with van der Waals surface area (Å²) in [5, 5.41) is 10.0. The Balaban J connectivity index is 1.90. The van der Waals surface area contributed by atoms with Crippen molar-refractivity contribution in [3.63, 3.8) is 0 Å². The van der Waals surface area contributed by atoms with Crippen LogP contribution in [0.2, 0.25) is 0 Å². The monoisotopic (exact) mass is 310 g/mol. The van der Waals surface area contributed by atoms with Crippen LogP contribution in [0.1, 0.15) is 76.5 Å². The second kappa shape index (κ2) is 4.43. The van der Waals surface area contributed by atoms with Gasteiger partial charge in [0.1, 0.15) is 5.75 Å². The van der Waals surface area contributed by atoms with Crippen LogP contribution >= 0.6 is 0 Å². The van der Waals surface area contributed by atoms with Crippen molar-refractivity contribution < 1.29 is 5.11 Å². The quantitative estimate of drug-likeness (QED) is 0.625. The first kappa shape index (κ1) is 15.3. The first-order chi connectivity index (χ1) is 10.7. The van der Waals surface area contributed by atoms with Crippen LogP contribution in [0, 0.1) is 23.7 Å². The Kier molecular flexibility index (Phi) is 2.95. The van der Waals surface area contributed by atoms with Gasteiger partial charge < -0.3 is 5.11 Å². The number of hydrogen-bond donors (Lipinski definition) is 1. The van der Waals surface area contributed by atoms with Gasteiger partial charge in [0.2, 0.25) is 0 Å². The number of benzene rings is 1. The predicted octanol–water partition coefficient (Wildman–Crippen LogP) is 5.98. The van der Waals surface area contributed by atoms with E-state index in [4.69, 9.17) is 0 Å². The van der Waals surface area contributed by atoms with Crippen molar-refractivity contribution in [3.8, 4) is 5.75 Å². The topological polar surface area (TPSA) is 20.2 Å². The molecular formula is C22H30O. The van der Waals surface area contributed by atoms with E-state index in [1.165, 1.54) is 48.8 Å². The molecule has 1 aromatic carbocycles. The minimum Gasteiger partial charge on any atom is -0.508 e. The van der Waals surface area contributed by atoms with E-state index in [-0.39, 0.29) is 5.41 Å². The average Bonchev–Trinajstić information content (AvgIpc) is 2.71. The van der Waals surface area contributed by atoms with Gasteiger partial charge in [-0.05, 0) is 78.2 Å². The van der Waals surface area contributed by atoms with E-state index in [1.54, 1.807) is 5.57 Å². The molecule has 0 amide bonds. The zero-order valence-electron chi connectivity index (χ0n) is 15.3. The number of hydrogen-bond acceptors (Lipinski definition) is 1. The first-order valence-corrected chi connectivity index (χ1v) is 9.25. The second-order valence-corrected chi connectivity index (χ2v) is 9.47. The number of phenolic OH excluding ortho intramolecular Hbond substituents is 1. The molecule has 3 atom stereocenters. The molecule has 1 unspecified atom stereocenters. The van der Waals surface area contributed by atoms with Crippen molar-refractivity contribution in [2.24, 2.45) is 16.7 Å². The van der Waals surface area contributed by atoms with Gasteiger partial charge in [0.05, 0.1) is 0 Å². The van der Waals surface area contributed by atoms with Crippen LogP contribution in [0.15, 0.2) is 17.7 Å². The fourth-order valence-corrected chi connectivity index (χ4v) is 6.75. The molecule has 23 heavy (non-hydrogen) atoms. The number of fused-ring (bicyclic) bond motifs is 5. The van der Waals surface area contributed by atoms with E-state index >= 15 is 0 Å². The summed E-state index contributed by atoms with van der Waals surface area (Å²) in [7, 11) is 0. The minimum absolute atomic E-state index is 0.172. The van der Waals surface area contributed by atoms with Gasteiger partial charge in [0, 0.05) is 5.41 Å². The van der Waals surface area contributed by atoms with Gasteiger partial charge in [-0.15, -0.1) is 0 Å². The smallest absolute Gasteiger partial charge is 0.116 e. The van der Waals surface area contributed by atoms with Crippen LogP contribution in [0.3, 0.4) is 0 Å². The molecule has 1 heteroatoms. The SMILES string of the molecule is Cc1cc(O)cc2c1[C@@]1(C)CCC3C(C)(C)CCC[C@]3(C)C1=C2. The summed E-state index contributed by atoms with van der Waals surface area (Å²) in [6, 6.07) is 3.92. The summed E-state index contributed by atoms with van der Waals surface area (Å²) in [6.07, 6.45) is 9.05. The maximum absolute atomic E-state index is 10.0. The Morgan fingerprint density at radius 1 is 1.04 bits per heavy atom. The number of allylic oxidation sites excluding steroid dienone is 1. The van der Waals surface area contributed by atoms with Crippen molar-refractivity contribution in [1.82, 2.24) is 0 Å². The second-order valence-electron chi connectivity index (χ2n) is 9.47. The Labute approximate surface area is 140 Å². The highest BCUT2D eigenvalue weighted by Crippen LogP contribution is 2.67. The molecule has 0 bridgehead atoms. The van der Waals surface area contributed by atoms with Crippen LogP contribution in [-0.4, -0.2) is 5.11 Å². The molecule has 0 saturated heterocycles. The zero-order chi connectivity index (χ0) is 16.6. The highest BCUT2D eigenvalue weighted by molar-refractivity contribution is 5.74. The Morgan fingerprint density at radius 2 is 1.78 bits per heavy atom. The minimum atomic E-state index is 0.172. The highest BCUT2D eigenvalue weighted by atomic mass is 16.3. The van der Waals surface area contributed by atoms with E-state index in [1.807, 2.05) is 12.1 Å². The van der Waals surface area contributed by atoms with Gasteiger partial charge in [-0.1, -0.05) is 45.8 Å². The van der Waals surface area contributed by atoms with Crippen LogP contribution < -0.4 is 0 Å². The predicted molar refractivity (Wildman–Crippen MR) is 96.6 cm³/mol. The molecule has 1 N–H and O–H groups in total. The van der Waals surface area contributed by atoms with E-state index in [0.717, 1.165) is 5.92 Å². The average molecular weight is 310 g/mol. The Morgan fingerprint density at radius 3 is 2.52 bits per heavy atom. The molecule has 0 spiro atoms. The maximum atomic E-state index is 10.0. The highest BCUT2D eigenvalue weighted by Gasteiger charge is 2.57. The van der Waals surface area contributed by atoms with Gasteiger partial charge in [-0.25, -0.2) is 0 Å². The van der Waals surface area contributed by atoms with Gasteiger partial charge >= 0.3 is 0 Å². The largest absolute Gasteiger partial charge is 0.508 e.